The standard InChI is InChI=1S/C12H10FN5/c13-11-2-1-3-12(10(11)6-14)17-7-9(8-17)18-5-4-15-16-18/h1-5,9H,7-8H2. The van der Waals surface area contributed by atoms with Crippen molar-refractivity contribution in [1.29, 1.82) is 5.26 Å². The molecule has 1 aliphatic heterocycles. The van der Waals surface area contributed by atoms with Gasteiger partial charge in [0.15, 0.2) is 0 Å². The molecule has 5 nitrogen and oxygen atoms in total. The molecule has 0 bridgehead atoms. The van der Waals surface area contributed by atoms with Crippen LogP contribution in [0.1, 0.15) is 11.6 Å². The van der Waals surface area contributed by atoms with Gasteiger partial charge in [-0.05, 0) is 12.1 Å². The van der Waals surface area contributed by atoms with E-state index < -0.39 is 5.82 Å². The van der Waals surface area contributed by atoms with Crippen molar-refractivity contribution in [2.75, 3.05) is 18.0 Å². The van der Waals surface area contributed by atoms with Crippen LogP contribution in [0.5, 0.6) is 0 Å². The van der Waals surface area contributed by atoms with Crippen molar-refractivity contribution in [2.45, 2.75) is 6.04 Å². The maximum absolute atomic E-state index is 13.5. The van der Waals surface area contributed by atoms with Crippen LogP contribution in [-0.4, -0.2) is 28.1 Å². The molecule has 1 aliphatic rings. The molecule has 1 aromatic carbocycles. The molecule has 0 radical (unpaired) electrons. The molecule has 3 rings (SSSR count). The lowest BCUT2D eigenvalue weighted by Crippen LogP contribution is -2.48. The maximum Gasteiger partial charge on any atom is 0.143 e. The lowest BCUT2D eigenvalue weighted by Gasteiger charge is -2.41. The van der Waals surface area contributed by atoms with E-state index in [1.54, 1.807) is 29.2 Å². The number of halogens is 1. The van der Waals surface area contributed by atoms with Gasteiger partial charge in [0.1, 0.15) is 17.4 Å². The first-order valence-corrected chi connectivity index (χ1v) is 5.59. The van der Waals surface area contributed by atoms with Gasteiger partial charge in [-0.15, -0.1) is 5.10 Å². The fourth-order valence-electron chi connectivity index (χ4n) is 2.12. The van der Waals surface area contributed by atoms with Crippen LogP contribution in [0.15, 0.2) is 30.6 Å². The molecule has 0 N–H and O–H groups in total. The van der Waals surface area contributed by atoms with Crippen LogP contribution in [0.2, 0.25) is 0 Å². The van der Waals surface area contributed by atoms with E-state index in [0.29, 0.717) is 18.8 Å². The van der Waals surface area contributed by atoms with Crippen molar-refractivity contribution >= 4 is 5.69 Å². The molecule has 0 unspecified atom stereocenters. The molecular formula is C12H10FN5. The van der Waals surface area contributed by atoms with E-state index in [-0.39, 0.29) is 11.6 Å². The lowest BCUT2D eigenvalue weighted by molar-refractivity contribution is 0.360. The Bertz CT molecular complexity index is 595. The Morgan fingerprint density at radius 3 is 2.89 bits per heavy atom. The van der Waals surface area contributed by atoms with Crippen molar-refractivity contribution in [3.05, 3.63) is 42.0 Å². The maximum atomic E-state index is 13.5. The Kier molecular flexibility index (Phi) is 2.45. The predicted octanol–water partition coefficient (Wildman–Crippen LogP) is 1.35. The number of anilines is 1. The molecule has 0 saturated carbocycles. The highest BCUT2D eigenvalue weighted by molar-refractivity contribution is 5.61. The third-order valence-corrected chi connectivity index (χ3v) is 3.12. The van der Waals surface area contributed by atoms with Gasteiger partial charge in [0.25, 0.3) is 0 Å². The van der Waals surface area contributed by atoms with E-state index in [1.165, 1.54) is 6.07 Å². The van der Waals surface area contributed by atoms with Gasteiger partial charge in [0.2, 0.25) is 0 Å². The van der Waals surface area contributed by atoms with E-state index >= 15 is 0 Å². The summed E-state index contributed by atoms with van der Waals surface area (Å²) in [5.41, 5.74) is 0.753. The van der Waals surface area contributed by atoms with Crippen LogP contribution in [0, 0.1) is 17.1 Å². The van der Waals surface area contributed by atoms with Gasteiger partial charge in [-0.25, -0.2) is 9.07 Å². The van der Waals surface area contributed by atoms with Gasteiger partial charge in [-0.2, -0.15) is 5.26 Å². The van der Waals surface area contributed by atoms with E-state index in [2.05, 4.69) is 10.3 Å². The second-order valence-electron chi connectivity index (χ2n) is 4.19. The SMILES string of the molecule is N#Cc1c(F)cccc1N1CC(n2ccnn2)C1. The number of hydrogen-bond acceptors (Lipinski definition) is 4. The van der Waals surface area contributed by atoms with Crippen LogP contribution in [0.25, 0.3) is 0 Å². The smallest absolute Gasteiger partial charge is 0.143 e. The first kappa shape index (κ1) is 10.7. The monoisotopic (exact) mass is 243 g/mol. The zero-order valence-corrected chi connectivity index (χ0v) is 9.49. The van der Waals surface area contributed by atoms with Gasteiger partial charge in [-0.1, -0.05) is 11.3 Å². The van der Waals surface area contributed by atoms with Crippen molar-refractivity contribution in [2.24, 2.45) is 0 Å². The Morgan fingerprint density at radius 1 is 1.39 bits per heavy atom. The molecule has 0 spiro atoms. The molecule has 1 saturated heterocycles. The molecule has 90 valence electrons. The summed E-state index contributed by atoms with van der Waals surface area (Å²) in [6.45, 7) is 1.42. The number of aromatic nitrogens is 3. The van der Waals surface area contributed by atoms with Crippen LogP contribution < -0.4 is 4.90 Å². The second-order valence-corrected chi connectivity index (χ2v) is 4.19. The van der Waals surface area contributed by atoms with E-state index in [9.17, 15) is 4.39 Å². The highest BCUT2D eigenvalue weighted by atomic mass is 19.1. The van der Waals surface area contributed by atoms with Crippen molar-refractivity contribution in [3.8, 4) is 6.07 Å². The summed E-state index contributed by atoms with van der Waals surface area (Å²) in [5, 5.41) is 16.7. The van der Waals surface area contributed by atoms with Gasteiger partial charge in [-0.3, -0.25) is 0 Å². The molecule has 0 atom stereocenters. The highest BCUT2D eigenvalue weighted by Gasteiger charge is 2.30. The summed E-state index contributed by atoms with van der Waals surface area (Å²) in [7, 11) is 0. The Labute approximate surface area is 103 Å². The van der Waals surface area contributed by atoms with Crippen LogP contribution in [-0.2, 0) is 0 Å². The first-order chi connectivity index (χ1) is 8.79. The lowest BCUT2D eigenvalue weighted by atomic mass is 10.0. The highest BCUT2D eigenvalue weighted by Crippen LogP contribution is 2.30. The molecule has 1 aromatic heterocycles. The second kappa shape index (κ2) is 4.11. The molecule has 6 heteroatoms. The minimum absolute atomic E-state index is 0.106. The largest absolute Gasteiger partial charge is 0.366 e. The summed E-state index contributed by atoms with van der Waals surface area (Å²) in [4.78, 5) is 1.97. The van der Waals surface area contributed by atoms with E-state index in [1.807, 2.05) is 11.0 Å². The minimum Gasteiger partial charge on any atom is -0.366 e. The summed E-state index contributed by atoms with van der Waals surface area (Å²) in [5.74, 6) is -0.473. The normalized spacial score (nSPS) is 15.2. The summed E-state index contributed by atoms with van der Waals surface area (Å²) >= 11 is 0. The van der Waals surface area contributed by atoms with Gasteiger partial charge < -0.3 is 4.90 Å². The van der Waals surface area contributed by atoms with Crippen LogP contribution >= 0.6 is 0 Å². The zero-order chi connectivity index (χ0) is 12.5. The van der Waals surface area contributed by atoms with Crippen LogP contribution in [0.3, 0.4) is 0 Å². The third-order valence-electron chi connectivity index (χ3n) is 3.12. The Balaban J connectivity index is 1.80. The predicted molar refractivity (Wildman–Crippen MR) is 62.4 cm³/mol. The van der Waals surface area contributed by atoms with Gasteiger partial charge >= 0.3 is 0 Å². The van der Waals surface area contributed by atoms with Crippen molar-refractivity contribution in [3.63, 3.8) is 0 Å². The number of nitrogens with zero attached hydrogens (tertiary/aromatic N) is 5. The third kappa shape index (κ3) is 1.61. The topological polar surface area (TPSA) is 57.7 Å². The van der Waals surface area contributed by atoms with Crippen molar-refractivity contribution in [1.82, 2.24) is 15.0 Å². The average Bonchev–Trinajstić information content (AvgIpc) is 2.81. The average molecular weight is 243 g/mol. The molecule has 2 heterocycles. The molecule has 2 aromatic rings. The molecule has 18 heavy (non-hydrogen) atoms. The van der Waals surface area contributed by atoms with E-state index in [0.717, 1.165) is 0 Å². The number of nitriles is 1. The quantitative estimate of drug-likeness (QED) is 0.798. The fraction of sp³-hybridized carbons (Fsp3) is 0.250. The van der Waals surface area contributed by atoms with Gasteiger partial charge in [0, 0.05) is 19.3 Å². The van der Waals surface area contributed by atoms with Gasteiger partial charge in [0.05, 0.1) is 17.9 Å². The molecule has 0 aliphatic carbocycles. The summed E-state index contributed by atoms with van der Waals surface area (Å²) in [6.07, 6.45) is 3.43. The Morgan fingerprint density at radius 2 is 2.22 bits per heavy atom. The van der Waals surface area contributed by atoms with Crippen molar-refractivity contribution < 1.29 is 4.39 Å². The summed E-state index contributed by atoms with van der Waals surface area (Å²) in [6, 6.07) is 6.83. The van der Waals surface area contributed by atoms with E-state index in [4.69, 9.17) is 5.26 Å². The molecule has 1 fully saturated rings. The molecule has 0 amide bonds. The zero-order valence-electron chi connectivity index (χ0n) is 9.49. The number of benzene rings is 1. The number of rotatable bonds is 2. The Hall–Kier alpha value is -2.42. The minimum atomic E-state index is -0.473. The molecular weight excluding hydrogens is 233 g/mol. The fourth-order valence-corrected chi connectivity index (χ4v) is 2.12. The van der Waals surface area contributed by atoms with Crippen LogP contribution in [0.4, 0.5) is 10.1 Å². The summed E-state index contributed by atoms with van der Waals surface area (Å²) < 4.78 is 15.2. The first-order valence-electron chi connectivity index (χ1n) is 5.59. The number of hydrogen-bond donors (Lipinski definition) is 0.